The van der Waals surface area contributed by atoms with Crippen LogP contribution >= 0.6 is 23.2 Å². The lowest BCUT2D eigenvalue weighted by molar-refractivity contribution is -0.161. The summed E-state index contributed by atoms with van der Waals surface area (Å²) < 4.78 is 11.5. The molecule has 2 atom stereocenters. The zero-order valence-corrected chi connectivity index (χ0v) is 31.0. The monoisotopic (exact) mass is 741 g/mol. The van der Waals surface area contributed by atoms with Crippen LogP contribution in [0.15, 0.2) is 48.7 Å². The molecular formula is C39H41Cl2N7O4. The van der Waals surface area contributed by atoms with Gasteiger partial charge in [-0.15, -0.1) is 0 Å². The van der Waals surface area contributed by atoms with E-state index in [4.69, 9.17) is 42.6 Å². The summed E-state index contributed by atoms with van der Waals surface area (Å²) in [4.78, 5) is 42.2. The molecule has 4 aromatic rings. The third-order valence-corrected chi connectivity index (χ3v) is 11.8. The van der Waals surface area contributed by atoms with Gasteiger partial charge < -0.3 is 25.0 Å². The summed E-state index contributed by atoms with van der Waals surface area (Å²) in [5.74, 6) is 1.28. The zero-order chi connectivity index (χ0) is 36.1. The number of hydrogen-bond acceptors (Lipinski definition) is 9. The smallest absolute Gasteiger partial charge is 0.237 e. The highest BCUT2D eigenvalue weighted by Gasteiger charge is 2.55. The zero-order valence-electron chi connectivity index (χ0n) is 29.5. The maximum atomic E-state index is 11.8. The number of nitrogens with one attached hydrogen (secondary N) is 2. The van der Waals surface area contributed by atoms with E-state index in [1.807, 2.05) is 41.3 Å². The maximum absolute atomic E-state index is 11.8. The minimum absolute atomic E-state index is 0.0872. The molecule has 52 heavy (non-hydrogen) atoms. The molecule has 8 rings (SSSR count). The second-order valence-corrected chi connectivity index (χ2v) is 15.2. The van der Waals surface area contributed by atoms with Crippen LogP contribution in [0.25, 0.3) is 33.6 Å². The number of ether oxygens (including phenoxy) is 2. The van der Waals surface area contributed by atoms with Crippen molar-refractivity contribution in [1.82, 2.24) is 35.4 Å². The number of carbonyl (C=O) groups is 2. The topological polar surface area (TPSA) is 122 Å². The van der Waals surface area contributed by atoms with Gasteiger partial charge in [0.25, 0.3) is 0 Å². The number of rotatable bonds is 10. The predicted octanol–water partition coefficient (Wildman–Crippen LogP) is 5.72. The normalized spacial score (nSPS) is 20.3. The number of pyridine rings is 1. The number of aromatic nitrogens is 3. The van der Waals surface area contributed by atoms with E-state index in [1.54, 1.807) is 27.3 Å². The third kappa shape index (κ3) is 6.27. The first-order chi connectivity index (χ1) is 25.2. The van der Waals surface area contributed by atoms with Crippen LogP contribution in [0.3, 0.4) is 0 Å². The number of benzene rings is 2. The number of amides is 2. The fourth-order valence-electron chi connectivity index (χ4n) is 8.34. The Hall–Kier alpha value is -4.29. The van der Waals surface area contributed by atoms with E-state index < -0.39 is 0 Å². The number of carbonyl (C=O) groups excluding carboxylic acids is 2. The summed E-state index contributed by atoms with van der Waals surface area (Å²) in [6, 6.07) is 14.2. The number of methoxy groups -OCH3 is 2. The second-order valence-electron chi connectivity index (χ2n) is 14.4. The lowest BCUT2D eigenvalue weighted by Crippen LogP contribution is -2.72. The van der Waals surface area contributed by atoms with Gasteiger partial charge in [-0.05, 0) is 30.9 Å². The summed E-state index contributed by atoms with van der Waals surface area (Å²) in [5, 5.41) is 7.34. The molecule has 0 saturated carbocycles. The Kier molecular flexibility index (Phi) is 9.31. The Balaban J connectivity index is 1.03. The van der Waals surface area contributed by atoms with Crippen LogP contribution in [0, 0.1) is 5.41 Å². The Morgan fingerprint density at radius 3 is 2.21 bits per heavy atom. The van der Waals surface area contributed by atoms with Crippen molar-refractivity contribution in [2.75, 3.05) is 46.9 Å². The molecule has 270 valence electrons. The fraction of sp³-hybridized carbons (Fsp3) is 0.410. The van der Waals surface area contributed by atoms with Gasteiger partial charge in [0.15, 0.2) is 0 Å². The third-order valence-electron chi connectivity index (χ3n) is 11.0. The van der Waals surface area contributed by atoms with Gasteiger partial charge in [0, 0.05) is 97.9 Å². The number of hydrogen-bond donors (Lipinski definition) is 2. The molecule has 2 aromatic heterocycles. The molecule has 2 aromatic carbocycles. The van der Waals surface area contributed by atoms with Crippen LogP contribution in [-0.2, 0) is 22.6 Å². The first-order valence-electron chi connectivity index (χ1n) is 17.7. The highest BCUT2D eigenvalue weighted by atomic mass is 35.5. The molecule has 2 amide bonds. The Labute approximate surface area is 313 Å². The maximum Gasteiger partial charge on any atom is 0.237 e. The molecule has 0 unspecified atom stereocenters. The molecule has 13 heteroatoms. The van der Waals surface area contributed by atoms with E-state index in [1.165, 1.54) is 5.56 Å². The molecule has 5 heterocycles. The standard InChI is InChI=1S/C39H41Cl2N7O4/c1-22(49)47-18-39(19-47)20-48(21-39)32-12-10-23-14-29(45-38(52-3)34(23)32)27-8-4-6-25(35(27)40)26-7-5-9-28(36(26)41)30-17-43-31(37(46-30)51-2)16-42-15-24-11-13-33(50)44-24/h4-9,14,17,24,32,42H,10-13,15-16,18-21H2,1-3H3,(H,44,50)/t24-,32+/m0/s1. The molecule has 3 aliphatic heterocycles. The molecule has 0 bridgehead atoms. The van der Waals surface area contributed by atoms with E-state index in [-0.39, 0.29) is 29.3 Å². The number of aryl methyl sites for hydroxylation is 1. The van der Waals surface area contributed by atoms with Crippen LogP contribution in [0.1, 0.15) is 49.0 Å². The summed E-state index contributed by atoms with van der Waals surface area (Å²) in [5.41, 5.74) is 7.64. The van der Waals surface area contributed by atoms with Gasteiger partial charge in [0.2, 0.25) is 23.6 Å². The van der Waals surface area contributed by atoms with Crippen molar-refractivity contribution >= 4 is 35.0 Å². The lowest BCUT2D eigenvalue weighted by atomic mass is 9.72. The van der Waals surface area contributed by atoms with Crippen LogP contribution in [0.4, 0.5) is 0 Å². The highest BCUT2D eigenvalue weighted by molar-refractivity contribution is 6.39. The number of halogens is 2. The molecule has 0 radical (unpaired) electrons. The van der Waals surface area contributed by atoms with Gasteiger partial charge in [0.1, 0.15) is 5.69 Å². The number of nitrogens with zero attached hydrogens (tertiary/aromatic N) is 5. The summed E-state index contributed by atoms with van der Waals surface area (Å²) in [7, 11) is 3.25. The molecule has 3 saturated heterocycles. The van der Waals surface area contributed by atoms with Gasteiger partial charge in [-0.1, -0.05) is 59.6 Å². The van der Waals surface area contributed by atoms with Crippen molar-refractivity contribution in [3.63, 3.8) is 0 Å². The minimum Gasteiger partial charge on any atom is -0.481 e. The van der Waals surface area contributed by atoms with E-state index >= 15 is 0 Å². The Bertz CT molecular complexity index is 2060. The largest absolute Gasteiger partial charge is 0.481 e. The van der Waals surface area contributed by atoms with E-state index in [0.29, 0.717) is 58.3 Å². The molecule has 3 fully saturated rings. The van der Waals surface area contributed by atoms with Crippen LogP contribution in [0.2, 0.25) is 10.0 Å². The molecule has 11 nitrogen and oxygen atoms in total. The SMILES string of the molecule is COc1nc(-c2cccc(-c3cccc(-c4cc5c(c(OC)n4)[C@H](N4CC6(CN(C(C)=O)C6)C4)CC5)c3Cl)c2Cl)cnc1CNC[C@@H]1CCC(=O)N1. The minimum atomic E-state index is 0.0872. The van der Waals surface area contributed by atoms with Crippen molar-refractivity contribution < 1.29 is 19.1 Å². The van der Waals surface area contributed by atoms with Gasteiger partial charge >= 0.3 is 0 Å². The molecule has 4 aliphatic rings. The van der Waals surface area contributed by atoms with Crippen LogP contribution < -0.4 is 20.1 Å². The van der Waals surface area contributed by atoms with Crippen molar-refractivity contribution in [2.45, 2.75) is 51.2 Å². The summed E-state index contributed by atoms with van der Waals surface area (Å²) in [6.07, 6.45) is 5.01. The first-order valence-corrected chi connectivity index (χ1v) is 18.5. The van der Waals surface area contributed by atoms with E-state index in [2.05, 4.69) is 26.6 Å². The summed E-state index contributed by atoms with van der Waals surface area (Å²) >= 11 is 14.3. The first kappa shape index (κ1) is 34.8. The van der Waals surface area contributed by atoms with Gasteiger partial charge in [-0.25, -0.2) is 9.97 Å². The van der Waals surface area contributed by atoms with Crippen LogP contribution in [0.5, 0.6) is 11.8 Å². The molecule has 1 aliphatic carbocycles. The van der Waals surface area contributed by atoms with E-state index in [0.717, 1.165) is 73.4 Å². The van der Waals surface area contributed by atoms with Crippen LogP contribution in [-0.4, -0.2) is 89.6 Å². The van der Waals surface area contributed by atoms with Crippen molar-refractivity contribution in [3.8, 4) is 45.4 Å². The van der Waals surface area contributed by atoms with Gasteiger partial charge in [-0.2, -0.15) is 0 Å². The lowest BCUT2D eigenvalue weighted by Gasteiger charge is -2.61. The van der Waals surface area contributed by atoms with Crippen molar-refractivity contribution in [1.29, 1.82) is 0 Å². The Morgan fingerprint density at radius 1 is 0.923 bits per heavy atom. The second kappa shape index (κ2) is 13.9. The van der Waals surface area contributed by atoms with Crippen molar-refractivity contribution in [3.05, 3.63) is 75.5 Å². The average Bonchev–Trinajstić information content (AvgIpc) is 3.73. The fourth-order valence-corrected chi connectivity index (χ4v) is 8.99. The predicted molar refractivity (Wildman–Crippen MR) is 199 cm³/mol. The number of fused-ring (bicyclic) bond motifs is 1. The highest BCUT2D eigenvalue weighted by Crippen LogP contribution is 2.50. The van der Waals surface area contributed by atoms with Gasteiger partial charge in [-0.3, -0.25) is 19.5 Å². The molecular weight excluding hydrogens is 701 g/mol. The Morgan fingerprint density at radius 2 is 1.58 bits per heavy atom. The quantitative estimate of drug-likeness (QED) is 0.210. The molecule has 1 spiro atoms. The van der Waals surface area contributed by atoms with E-state index in [9.17, 15) is 9.59 Å². The van der Waals surface area contributed by atoms with Gasteiger partial charge in [0.05, 0.1) is 41.8 Å². The van der Waals surface area contributed by atoms with Crippen molar-refractivity contribution in [2.24, 2.45) is 5.41 Å². The summed E-state index contributed by atoms with van der Waals surface area (Å²) in [6.45, 7) is 6.41. The number of likely N-dealkylation sites (tertiary alicyclic amines) is 2. The molecule has 2 N–H and O–H groups in total. The average molecular weight is 743 g/mol.